The van der Waals surface area contributed by atoms with Gasteiger partial charge in [0.05, 0.1) is 0 Å². The van der Waals surface area contributed by atoms with Crippen LogP contribution in [0.15, 0.2) is 36.4 Å². The van der Waals surface area contributed by atoms with Crippen LogP contribution in [0.1, 0.15) is 21.5 Å². The van der Waals surface area contributed by atoms with Crippen LogP contribution in [0.25, 0.3) is 0 Å². The zero-order valence-corrected chi connectivity index (χ0v) is 16.6. The van der Waals surface area contributed by atoms with Crippen LogP contribution in [-0.4, -0.2) is 54.4 Å². The number of hydrogen-bond donors (Lipinski definition) is 0. The molecule has 2 aromatic rings. The van der Waals surface area contributed by atoms with Crippen LogP contribution < -0.4 is 4.74 Å². The van der Waals surface area contributed by atoms with Crippen LogP contribution in [0.4, 0.5) is 4.39 Å². The average Bonchev–Trinajstić information content (AvgIpc) is 2.70. The predicted octanol–water partition coefficient (Wildman–Crippen LogP) is 3.46. The number of benzene rings is 2. The lowest BCUT2D eigenvalue weighted by atomic mass is 10.1. The zero-order chi connectivity index (χ0) is 20.3. The maximum Gasteiger partial charge on any atom is 0.260 e. The van der Waals surface area contributed by atoms with Gasteiger partial charge in [-0.3, -0.25) is 9.59 Å². The Morgan fingerprint density at radius 1 is 1.00 bits per heavy atom. The van der Waals surface area contributed by atoms with Crippen LogP contribution >= 0.6 is 11.6 Å². The molecule has 148 valence electrons. The van der Waals surface area contributed by atoms with E-state index in [1.54, 1.807) is 9.80 Å². The molecule has 1 saturated heterocycles. The highest BCUT2D eigenvalue weighted by Gasteiger charge is 2.25. The Labute approximate surface area is 168 Å². The van der Waals surface area contributed by atoms with Crippen molar-refractivity contribution in [3.05, 3.63) is 63.9 Å². The molecule has 2 aromatic carbocycles. The third-order valence-electron chi connectivity index (χ3n) is 4.78. The summed E-state index contributed by atoms with van der Waals surface area (Å²) in [4.78, 5) is 28.2. The molecule has 1 aliphatic heterocycles. The van der Waals surface area contributed by atoms with E-state index in [-0.39, 0.29) is 24.2 Å². The molecule has 1 fully saturated rings. The topological polar surface area (TPSA) is 49.9 Å². The summed E-state index contributed by atoms with van der Waals surface area (Å²) in [7, 11) is 0. The fourth-order valence-electron chi connectivity index (χ4n) is 3.16. The summed E-state index contributed by atoms with van der Waals surface area (Å²) in [5.41, 5.74) is 2.24. The Kier molecular flexibility index (Phi) is 6.19. The van der Waals surface area contributed by atoms with E-state index in [0.29, 0.717) is 42.5 Å². The molecule has 0 radical (unpaired) electrons. The quantitative estimate of drug-likeness (QED) is 0.784. The van der Waals surface area contributed by atoms with Gasteiger partial charge < -0.3 is 14.5 Å². The summed E-state index contributed by atoms with van der Waals surface area (Å²) in [6, 6.07) is 9.09. The first-order valence-corrected chi connectivity index (χ1v) is 9.45. The van der Waals surface area contributed by atoms with Gasteiger partial charge in [0.2, 0.25) is 0 Å². The van der Waals surface area contributed by atoms with Crippen molar-refractivity contribution in [1.29, 1.82) is 0 Å². The molecule has 0 atom stereocenters. The molecule has 1 aliphatic rings. The van der Waals surface area contributed by atoms with Crippen LogP contribution in [0.2, 0.25) is 5.02 Å². The van der Waals surface area contributed by atoms with Crippen molar-refractivity contribution in [3.8, 4) is 5.75 Å². The SMILES string of the molecule is Cc1cc(OCC(=O)N2CCN(C(=O)c3ccc(F)cc3)CC2)cc(C)c1Cl. The van der Waals surface area contributed by atoms with E-state index < -0.39 is 0 Å². The monoisotopic (exact) mass is 404 g/mol. The van der Waals surface area contributed by atoms with Crippen LogP contribution in [-0.2, 0) is 4.79 Å². The highest BCUT2D eigenvalue weighted by Crippen LogP contribution is 2.25. The van der Waals surface area contributed by atoms with Gasteiger partial charge in [0.25, 0.3) is 11.8 Å². The molecule has 0 N–H and O–H groups in total. The highest BCUT2D eigenvalue weighted by molar-refractivity contribution is 6.32. The normalized spacial score (nSPS) is 14.1. The number of amides is 2. The molecule has 0 spiro atoms. The number of hydrogen-bond acceptors (Lipinski definition) is 3. The molecule has 7 heteroatoms. The van der Waals surface area contributed by atoms with Crippen LogP contribution in [0.3, 0.4) is 0 Å². The molecular weight excluding hydrogens is 383 g/mol. The van der Waals surface area contributed by atoms with Crippen molar-refractivity contribution in [2.75, 3.05) is 32.8 Å². The van der Waals surface area contributed by atoms with Gasteiger partial charge in [-0.2, -0.15) is 0 Å². The molecule has 5 nitrogen and oxygen atoms in total. The smallest absolute Gasteiger partial charge is 0.260 e. The summed E-state index contributed by atoms with van der Waals surface area (Å²) in [6.07, 6.45) is 0. The van der Waals surface area contributed by atoms with Gasteiger partial charge in [-0.25, -0.2) is 4.39 Å². The fraction of sp³-hybridized carbons (Fsp3) is 0.333. The Balaban J connectivity index is 1.51. The molecule has 0 unspecified atom stereocenters. The lowest BCUT2D eigenvalue weighted by Crippen LogP contribution is -2.51. The van der Waals surface area contributed by atoms with E-state index in [1.807, 2.05) is 26.0 Å². The Morgan fingerprint density at radius 2 is 1.54 bits per heavy atom. The van der Waals surface area contributed by atoms with Gasteiger partial charge >= 0.3 is 0 Å². The minimum atomic E-state index is -0.377. The summed E-state index contributed by atoms with van der Waals surface area (Å²) in [5, 5.41) is 0.695. The fourth-order valence-corrected chi connectivity index (χ4v) is 3.27. The molecule has 2 amide bonds. The lowest BCUT2D eigenvalue weighted by molar-refractivity contribution is -0.134. The molecule has 28 heavy (non-hydrogen) atoms. The highest BCUT2D eigenvalue weighted by atomic mass is 35.5. The van der Waals surface area contributed by atoms with E-state index >= 15 is 0 Å². The molecule has 3 rings (SSSR count). The van der Waals surface area contributed by atoms with Gasteiger partial charge in [0, 0.05) is 36.8 Å². The summed E-state index contributed by atoms with van der Waals surface area (Å²) >= 11 is 6.14. The number of ether oxygens (including phenoxy) is 1. The number of nitrogens with zero attached hydrogens (tertiary/aromatic N) is 2. The summed E-state index contributed by atoms with van der Waals surface area (Å²) < 4.78 is 18.6. The molecule has 0 bridgehead atoms. The third kappa shape index (κ3) is 4.62. The molecular formula is C21H22ClFN2O3. The Morgan fingerprint density at radius 3 is 2.11 bits per heavy atom. The van der Waals surface area contributed by atoms with Crippen molar-refractivity contribution in [2.24, 2.45) is 0 Å². The van der Waals surface area contributed by atoms with E-state index in [9.17, 15) is 14.0 Å². The Bertz CT molecular complexity index is 855. The second kappa shape index (κ2) is 8.61. The van der Waals surface area contributed by atoms with Crippen molar-refractivity contribution in [1.82, 2.24) is 9.80 Å². The van der Waals surface area contributed by atoms with Crippen LogP contribution in [0.5, 0.6) is 5.75 Å². The molecule has 0 aromatic heterocycles. The zero-order valence-electron chi connectivity index (χ0n) is 15.9. The van der Waals surface area contributed by atoms with Gasteiger partial charge in [0.15, 0.2) is 6.61 Å². The minimum Gasteiger partial charge on any atom is -0.484 e. The predicted molar refractivity (Wildman–Crippen MR) is 105 cm³/mol. The van der Waals surface area contributed by atoms with Crippen LogP contribution in [0, 0.1) is 19.7 Å². The van der Waals surface area contributed by atoms with Gasteiger partial charge in [-0.05, 0) is 61.4 Å². The van der Waals surface area contributed by atoms with Gasteiger partial charge in [0.1, 0.15) is 11.6 Å². The number of aryl methyl sites for hydroxylation is 2. The van der Waals surface area contributed by atoms with Crippen molar-refractivity contribution >= 4 is 23.4 Å². The third-order valence-corrected chi connectivity index (χ3v) is 5.38. The molecule has 1 heterocycles. The molecule has 0 aliphatic carbocycles. The van der Waals surface area contributed by atoms with Gasteiger partial charge in [-0.1, -0.05) is 11.6 Å². The first-order valence-electron chi connectivity index (χ1n) is 9.07. The van der Waals surface area contributed by atoms with E-state index in [0.717, 1.165) is 11.1 Å². The van der Waals surface area contributed by atoms with Gasteiger partial charge in [-0.15, -0.1) is 0 Å². The minimum absolute atomic E-state index is 0.0631. The standard InChI is InChI=1S/C21H22ClFN2O3/c1-14-11-18(12-15(2)20(14)22)28-13-19(26)24-7-9-25(10-8-24)21(27)16-3-5-17(23)6-4-16/h3-6,11-12H,7-10,13H2,1-2H3. The average molecular weight is 405 g/mol. The first kappa shape index (κ1) is 20.1. The number of rotatable bonds is 4. The summed E-state index contributed by atoms with van der Waals surface area (Å²) in [5.74, 6) is -0.0504. The number of halogens is 2. The van der Waals surface area contributed by atoms with E-state index in [2.05, 4.69) is 0 Å². The summed E-state index contributed by atoms with van der Waals surface area (Å²) in [6.45, 7) is 5.46. The number of piperazine rings is 1. The maximum atomic E-state index is 13.0. The Hall–Kier alpha value is -2.60. The lowest BCUT2D eigenvalue weighted by Gasteiger charge is -2.34. The van der Waals surface area contributed by atoms with Crippen molar-refractivity contribution < 1.29 is 18.7 Å². The van der Waals surface area contributed by atoms with E-state index in [1.165, 1.54) is 24.3 Å². The molecule has 0 saturated carbocycles. The first-order chi connectivity index (χ1) is 13.3. The second-order valence-electron chi connectivity index (χ2n) is 6.84. The van der Waals surface area contributed by atoms with Crippen molar-refractivity contribution in [2.45, 2.75) is 13.8 Å². The largest absolute Gasteiger partial charge is 0.484 e. The number of carbonyl (C=O) groups is 2. The van der Waals surface area contributed by atoms with E-state index in [4.69, 9.17) is 16.3 Å². The number of carbonyl (C=O) groups excluding carboxylic acids is 2. The van der Waals surface area contributed by atoms with Crippen molar-refractivity contribution in [3.63, 3.8) is 0 Å². The maximum absolute atomic E-state index is 13.0. The second-order valence-corrected chi connectivity index (χ2v) is 7.22.